The summed E-state index contributed by atoms with van der Waals surface area (Å²) in [6.07, 6.45) is 5.74. The summed E-state index contributed by atoms with van der Waals surface area (Å²) < 4.78 is 1.62. The molecule has 0 spiro atoms. The van der Waals surface area contributed by atoms with Crippen LogP contribution in [-0.2, 0) is 4.79 Å². The van der Waals surface area contributed by atoms with E-state index in [4.69, 9.17) is 11.6 Å². The molecule has 2 N–H and O–H groups in total. The minimum atomic E-state index is -0.860. The molecule has 1 aliphatic rings. The first kappa shape index (κ1) is 15.8. The van der Waals surface area contributed by atoms with Crippen LogP contribution < -0.4 is 5.32 Å². The summed E-state index contributed by atoms with van der Waals surface area (Å²) in [4.78, 5) is 28.3. The lowest BCUT2D eigenvalue weighted by Crippen LogP contribution is -2.43. The minimum Gasteiger partial charge on any atom is -0.481 e. The van der Waals surface area contributed by atoms with Gasteiger partial charge < -0.3 is 10.4 Å². The number of hydrogen-bond donors (Lipinski definition) is 2. The van der Waals surface area contributed by atoms with E-state index in [1.54, 1.807) is 22.7 Å². The second kappa shape index (κ2) is 6.58. The van der Waals surface area contributed by atoms with Crippen molar-refractivity contribution >= 4 is 29.1 Å². The zero-order valence-corrected chi connectivity index (χ0v) is 13.3. The predicted octanol–water partition coefficient (Wildman–Crippen LogP) is 2.75. The van der Waals surface area contributed by atoms with Crippen molar-refractivity contribution in [1.82, 2.24) is 14.7 Å². The van der Waals surface area contributed by atoms with Crippen LogP contribution in [0.25, 0.3) is 5.65 Å². The molecule has 1 aliphatic carbocycles. The molecule has 0 bridgehead atoms. The molecule has 2 heterocycles. The van der Waals surface area contributed by atoms with Gasteiger partial charge in [-0.2, -0.15) is 0 Å². The fraction of sp³-hybridized carbons (Fsp3) is 0.438. The van der Waals surface area contributed by atoms with Crippen molar-refractivity contribution in [3.8, 4) is 0 Å². The lowest BCUT2D eigenvalue weighted by atomic mass is 9.95. The van der Waals surface area contributed by atoms with Crippen molar-refractivity contribution in [3.05, 3.63) is 35.2 Å². The van der Waals surface area contributed by atoms with Crippen molar-refractivity contribution in [2.24, 2.45) is 5.92 Å². The van der Waals surface area contributed by atoms with Crippen LogP contribution in [0.2, 0.25) is 5.15 Å². The third-order valence-electron chi connectivity index (χ3n) is 4.35. The van der Waals surface area contributed by atoms with Gasteiger partial charge >= 0.3 is 5.97 Å². The number of imidazole rings is 1. The molecular formula is C16H18ClN3O3. The Morgan fingerprint density at radius 3 is 2.83 bits per heavy atom. The molecule has 3 rings (SSSR count). The molecule has 0 aliphatic heterocycles. The molecule has 0 aromatic carbocycles. The molecule has 0 radical (unpaired) electrons. The smallest absolute Gasteiger partial charge is 0.308 e. The van der Waals surface area contributed by atoms with E-state index >= 15 is 0 Å². The highest BCUT2D eigenvalue weighted by Gasteiger charge is 2.32. The lowest BCUT2D eigenvalue weighted by Gasteiger charge is -2.22. The number of aromatic nitrogens is 2. The van der Waals surface area contributed by atoms with Crippen molar-refractivity contribution < 1.29 is 14.7 Å². The predicted molar refractivity (Wildman–Crippen MR) is 85.7 cm³/mol. The zero-order chi connectivity index (χ0) is 16.4. The van der Waals surface area contributed by atoms with Gasteiger partial charge in [0.05, 0.1) is 5.92 Å². The summed E-state index contributed by atoms with van der Waals surface area (Å²) in [6.45, 7) is 0. The van der Waals surface area contributed by atoms with E-state index < -0.39 is 11.9 Å². The van der Waals surface area contributed by atoms with Gasteiger partial charge in [0.15, 0.2) is 10.8 Å². The molecule has 122 valence electrons. The number of aliphatic carboxylic acids is 1. The molecule has 1 saturated carbocycles. The normalized spacial score (nSPS) is 21.8. The quantitative estimate of drug-likeness (QED) is 0.845. The van der Waals surface area contributed by atoms with Crippen LogP contribution in [0.3, 0.4) is 0 Å². The fourth-order valence-electron chi connectivity index (χ4n) is 3.18. The number of hydrogen-bond acceptors (Lipinski definition) is 3. The summed E-state index contributed by atoms with van der Waals surface area (Å²) in [6, 6.07) is 4.97. The van der Waals surface area contributed by atoms with Crippen LogP contribution in [0.15, 0.2) is 24.4 Å². The molecule has 7 heteroatoms. The molecular weight excluding hydrogens is 318 g/mol. The zero-order valence-electron chi connectivity index (χ0n) is 12.5. The highest BCUT2D eigenvalue weighted by atomic mass is 35.5. The standard InChI is InChI=1S/C16H18ClN3O3/c17-14-13(20-9-5-4-8-12(20)19-14)15(21)18-11-7-3-1-2-6-10(11)16(22)23/h4-5,8-11H,1-3,6-7H2,(H,18,21)(H,22,23)/t10-,11+/m1/s1. The summed E-state index contributed by atoms with van der Waals surface area (Å²) in [5.41, 5.74) is 0.828. The van der Waals surface area contributed by atoms with Crippen LogP contribution in [0.1, 0.15) is 42.6 Å². The van der Waals surface area contributed by atoms with E-state index in [9.17, 15) is 14.7 Å². The van der Waals surface area contributed by atoms with E-state index in [1.165, 1.54) is 0 Å². The van der Waals surface area contributed by atoms with Gasteiger partial charge in [0.25, 0.3) is 5.91 Å². The second-order valence-electron chi connectivity index (χ2n) is 5.84. The van der Waals surface area contributed by atoms with Crippen LogP contribution >= 0.6 is 11.6 Å². The van der Waals surface area contributed by atoms with E-state index in [1.807, 2.05) is 6.07 Å². The van der Waals surface area contributed by atoms with Crippen molar-refractivity contribution in [2.45, 2.75) is 38.1 Å². The van der Waals surface area contributed by atoms with Gasteiger partial charge in [0.2, 0.25) is 0 Å². The first-order valence-corrected chi connectivity index (χ1v) is 8.12. The Kier molecular flexibility index (Phi) is 4.52. The minimum absolute atomic E-state index is 0.120. The monoisotopic (exact) mass is 335 g/mol. The SMILES string of the molecule is O=C(N[C@H]1CCCCC[C@H]1C(=O)O)c1c(Cl)nc2ccccn12. The largest absolute Gasteiger partial charge is 0.481 e. The Morgan fingerprint density at radius 1 is 1.26 bits per heavy atom. The molecule has 2 aromatic heterocycles. The number of carboxylic acids is 1. The third-order valence-corrected chi connectivity index (χ3v) is 4.62. The summed E-state index contributed by atoms with van der Waals surface area (Å²) >= 11 is 6.10. The summed E-state index contributed by atoms with van der Waals surface area (Å²) in [7, 11) is 0. The van der Waals surface area contributed by atoms with Crippen molar-refractivity contribution in [2.75, 3.05) is 0 Å². The molecule has 0 saturated heterocycles. The molecule has 1 fully saturated rings. The van der Waals surface area contributed by atoms with Gasteiger partial charge in [0.1, 0.15) is 5.65 Å². The topological polar surface area (TPSA) is 83.7 Å². The number of carbonyl (C=O) groups excluding carboxylic acids is 1. The van der Waals surface area contributed by atoms with E-state index in [-0.39, 0.29) is 22.8 Å². The second-order valence-corrected chi connectivity index (χ2v) is 6.20. The molecule has 2 aromatic rings. The van der Waals surface area contributed by atoms with Gasteiger partial charge in [-0.1, -0.05) is 36.9 Å². The molecule has 23 heavy (non-hydrogen) atoms. The average molecular weight is 336 g/mol. The van der Waals surface area contributed by atoms with Gasteiger partial charge in [-0.25, -0.2) is 4.98 Å². The lowest BCUT2D eigenvalue weighted by molar-refractivity contribution is -0.142. The molecule has 2 atom stereocenters. The number of amides is 1. The highest BCUT2D eigenvalue weighted by molar-refractivity contribution is 6.32. The van der Waals surface area contributed by atoms with Crippen molar-refractivity contribution in [1.29, 1.82) is 0 Å². The van der Waals surface area contributed by atoms with Crippen LogP contribution in [0.5, 0.6) is 0 Å². The Bertz CT molecular complexity index is 743. The molecule has 6 nitrogen and oxygen atoms in total. The van der Waals surface area contributed by atoms with Gasteiger partial charge in [0, 0.05) is 12.2 Å². The number of fused-ring (bicyclic) bond motifs is 1. The molecule has 1 amide bonds. The number of rotatable bonds is 3. The Morgan fingerprint density at radius 2 is 2.04 bits per heavy atom. The maximum Gasteiger partial charge on any atom is 0.308 e. The van der Waals surface area contributed by atoms with Gasteiger partial charge in [-0.3, -0.25) is 14.0 Å². The summed E-state index contributed by atoms with van der Waals surface area (Å²) in [5.74, 6) is -1.80. The van der Waals surface area contributed by atoms with E-state index in [2.05, 4.69) is 10.3 Å². The first-order chi connectivity index (χ1) is 11.1. The number of nitrogens with zero attached hydrogens (tertiary/aromatic N) is 2. The summed E-state index contributed by atoms with van der Waals surface area (Å²) in [5, 5.41) is 12.4. The number of carboxylic acid groups (broad SMARTS) is 1. The maximum atomic E-state index is 12.6. The van der Waals surface area contributed by atoms with E-state index in [0.717, 1.165) is 19.3 Å². The van der Waals surface area contributed by atoms with Crippen molar-refractivity contribution in [3.63, 3.8) is 0 Å². The Balaban J connectivity index is 1.87. The van der Waals surface area contributed by atoms with Crippen LogP contribution in [0.4, 0.5) is 0 Å². The first-order valence-electron chi connectivity index (χ1n) is 7.74. The third kappa shape index (κ3) is 3.17. The number of halogens is 1. The average Bonchev–Trinajstić information content (AvgIpc) is 2.68. The van der Waals surface area contributed by atoms with Crippen LogP contribution in [0, 0.1) is 5.92 Å². The fourth-order valence-corrected chi connectivity index (χ4v) is 3.45. The molecule has 0 unspecified atom stereocenters. The Hall–Kier alpha value is -2.08. The van der Waals surface area contributed by atoms with Gasteiger partial charge in [-0.15, -0.1) is 0 Å². The highest BCUT2D eigenvalue weighted by Crippen LogP contribution is 2.25. The number of nitrogens with one attached hydrogen (secondary N) is 1. The van der Waals surface area contributed by atoms with Gasteiger partial charge in [-0.05, 0) is 25.0 Å². The number of pyridine rings is 1. The van der Waals surface area contributed by atoms with E-state index in [0.29, 0.717) is 18.5 Å². The maximum absolute atomic E-state index is 12.6. The number of carbonyl (C=O) groups is 2. The van der Waals surface area contributed by atoms with Crippen LogP contribution in [-0.4, -0.2) is 32.4 Å². The Labute approximate surface area is 138 Å².